The molecule has 0 aliphatic rings. The van der Waals surface area contributed by atoms with Gasteiger partial charge in [0, 0.05) is 38.5 Å². The number of amides is 1. The molecular formula is C15H15F3N4O4. The van der Waals surface area contributed by atoms with Gasteiger partial charge in [-0.2, -0.15) is 13.2 Å². The lowest BCUT2D eigenvalue weighted by molar-refractivity contribution is -0.385. The zero-order valence-electron chi connectivity index (χ0n) is 13.6. The molecule has 11 heteroatoms. The van der Waals surface area contributed by atoms with Gasteiger partial charge in [-0.1, -0.05) is 0 Å². The number of nitro benzene ring substituents is 1. The van der Waals surface area contributed by atoms with E-state index in [4.69, 9.17) is 0 Å². The van der Waals surface area contributed by atoms with Crippen molar-refractivity contribution in [1.29, 1.82) is 0 Å². The minimum Gasteiger partial charge on any atom is -0.484 e. The lowest BCUT2D eigenvalue weighted by atomic mass is 10.1. The number of rotatable bonds is 7. The van der Waals surface area contributed by atoms with E-state index in [-0.39, 0.29) is 17.9 Å². The average molecular weight is 372 g/mol. The van der Waals surface area contributed by atoms with E-state index in [0.717, 1.165) is 18.2 Å². The fourth-order valence-electron chi connectivity index (χ4n) is 2.13. The highest BCUT2D eigenvalue weighted by molar-refractivity contribution is 5.98. The van der Waals surface area contributed by atoms with Gasteiger partial charge < -0.3 is 14.6 Å². The SMILES string of the molecule is Cn1ccnc1CCNC(=O)c1cc(OCC(F)(F)F)ccc1[N+](=O)[O-]. The third-order valence-electron chi connectivity index (χ3n) is 3.37. The molecule has 0 saturated heterocycles. The molecule has 0 saturated carbocycles. The normalized spacial score (nSPS) is 11.2. The number of aromatic nitrogens is 2. The number of benzene rings is 1. The summed E-state index contributed by atoms with van der Waals surface area (Å²) in [6.07, 6.45) is -0.869. The second kappa shape index (κ2) is 7.85. The second-order valence-electron chi connectivity index (χ2n) is 5.30. The molecule has 0 fully saturated rings. The number of hydrogen-bond acceptors (Lipinski definition) is 5. The monoisotopic (exact) mass is 372 g/mol. The zero-order valence-corrected chi connectivity index (χ0v) is 13.6. The van der Waals surface area contributed by atoms with Crippen LogP contribution in [0.25, 0.3) is 0 Å². The van der Waals surface area contributed by atoms with E-state index in [9.17, 15) is 28.1 Å². The summed E-state index contributed by atoms with van der Waals surface area (Å²) >= 11 is 0. The summed E-state index contributed by atoms with van der Waals surface area (Å²) in [5, 5.41) is 13.5. The summed E-state index contributed by atoms with van der Waals surface area (Å²) in [6, 6.07) is 2.86. The Hall–Kier alpha value is -3.11. The quantitative estimate of drug-likeness (QED) is 0.594. The molecule has 0 radical (unpaired) electrons. The molecule has 0 aliphatic carbocycles. The van der Waals surface area contributed by atoms with Crippen molar-refractivity contribution in [1.82, 2.24) is 14.9 Å². The summed E-state index contributed by atoms with van der Waals surface area (Å²) in [7, 11) is 1.77. The maximum Gasteiger partial charge on any atom is 0.422 e. The number of alkyl halides is 3. The van der Waals surface area contributed by atoms with E-state index in [1.165, 1.54) is 0 Å². The van der Waals surface area contributed by atoms with Crippen molar-refractivity contribution >= 4 is 11.6 Å². The number of imidazole rings is 1. The number of ether oxygens (including phenoxy) is 1. The molecule has 0 atom stereocenters. The van der Waals surface area contributed by atoms with E-state index >= 15 is 0 Å². The molecule has 1 aromatic carbocycles. The molecule has 140 valence electrons. The van der Waals surface area contributed by atoms with E-state index in [2.05, 4.69) is 15.0 Å². The summed E-state index contributed by atoms with van der Waals surface area (Å²) in [5.41, 5.74) is -0.909. The smallest absolute Gasteiger partial charge is 0.422 e. The number of nitrogens with zero attached hydrogens (tertiary/aromatic N) is 3. The molecular weight excluding hydrogens is 357 g/mol. The predicted molar refractivity (Wildman–Crippen MR) is 83.9 cm³/mol. The van der Waals surface area contributed by atoms with Crippen LogP contribution in [0, 0.1) is 10.1 Å². The third-order valence-corrected chi connectivity index (χ3v) is 3.37. The van der Waals surface area contributed by atoms with E-state index in [1.807, 2.05) is 0 Å². The van der Waals surface area contributed by atoms with Gasteiger partial charge in [0.05, 0.1) is 4.92 Å². The van der Waals surface area contributed by atoms with Gasteiger partial charge >= 0.3 is 6.18 Å². The number of aryl methyl sites for hydroxylation is 1. The minimum absolute atomic E-state index is 0.147. The maximum absolute atomic E-state index is 12.2. The molecule has 1 N–H and O–H groups in total. The molecule has 2 rings (SSSR count). The molecule has 8 nitrogen and oxygen atoms in total. The van der Waals surface area contributed by atoms with Crippen LogP contribution < -0.4 is 10.1 Å². The summed E-state index contributed by atoms with van der Waals surface area (Å²) in [5.74, 6) is -0.382. The first-order valence-corrected chi connectivity index (χ1v) is 7.40. The van der Waals surface area contributed by atoms with Crippen LogP contribution in [0.3, 0.4) is 0 Å². The molecule has 1 amide bonds. The van der Waals surface area contributed by atoms with Crippen molar-refractivity contribution in [2.75, 3.05) is 13.2 Å². The first kappa shape index (κ1) is 19.2. The largest absolute Gasteiger partial charge is 0.484 e. The molecule has 1 aromatic heterocycles. The second-order valence-corrected chi connectivity index (χ2v) is 5.30. The van der Waals surface area contributed by atoms with Gasteiger partial charge in [0.25, 0.3) is 11.6 Å². The van der Waals surface area contributed by atoms with E-state index in [0.29, 0.717) is 12.2 Å². The van der Waals surface area contributed by atoms with Crippen LogP contribution in [-0.2, 0) is 13.5 Å². The number of nitro groups is 1. The first-order valence-electron chi connectivity index (χ1n) is 7.40. The fraction of sp³-hybridized carbons (Fsp3) is 0.333. The lowest BCUT2D eigenvalue weighted by Gasteiger charge is -2.11. The van der Waals surface area contributed by atoms with E-state index < -0.39 is 29.3 Å². The molecule has 0 bridgehead atoms. The highest BCUT2D eigenvalue weighted by atomic mass is 19.4. The number of hydrogen-bond donors (Lipinski definition) is 1. The summed E-state index contributed by atoms with van der Waals surface area (Å²) < 4.78 is 42.9. The van der Waals surface area contributed by atoms with Crippen LogP contribution in [0.2, 0.25) is 0 Å². The summed E-state index contributed by atoms with van der Waals surface area (Å²) in [6.45, 7) is -1.42. The van der Waals surface area contributed by atoms with Crippen molar-refractivity contribution < 1.29 is 27.6 Å². The Labute approximate surface area is 145 Å². The molecule has 2 aromatic rings. The number of carbonyl (C=O) groups is 1. The van der Waals surface area contributed by atoms with Gasteiger partial charge in [0.2, 0.25) is 0 Å². The van der Waals surface area contributed by atoms with Crippen molar-refractivity contribution in [2.24, 2.45) is 7.05 Å². The first-order chi connectivity index (χ1) is 12.2. The maximum atomic E-state index is 12.2. The molecule has 26 heavy (non-hydrogen) atoms. The number of nitrogens with one attached hydrogen (secondary N) is 1. The Morgan fingerprint density at radius 1 is 1.42 bits per heavy atom. The standard InChI is InChI=1S/C15H15F3N4O4/c1-21-7-6-19-13(21)4-5-20-14(23)11-8-10(26-9-15(16,17)18)2-3-12(11)22(24)25/h2-3,6-8H,4-5,9H2,1H3,(H,20,23). The Kier molecular flexibility index (Phi) is 5.80. The zero-order chi connectivity index (χ0) is 19.3. The van der Waals surface area contributed by atoms with Gasteiger partial charge in [-0.25, -0.2) is 4.98 Å². The predicted octanol–water partition coefficient (Wildman–Crippen LogP) is 2.24. The number of carbonyl (C=O) groups excluding carboxylic acids is 1. The Morgan fingerprint density at radius 3 is 2.73 bits per heavy atom. The van der Waals surface area contributed by atoms with Crippen molar-refractivity contribution in [2.45, 2.75) is 12.6 Å². The van der Waals surface area contributed by atoms with Gasteiger partial charge in [-0.3, -0.25) is 14.9 Å². The van der Waals surface area contributed by atoms with Gasteiger partial charge in [0.1, 0.15) is 17.1 Å². The molecule has 0 spiro atoms. The van der Waals surface area contributed by atoms with Crippen molar-refractivity contribution in [3.05, 3.63) is 52.1 Å². The highest BCUT2D eigenvalue weighted by Gasteiger charge is 2.29. The van der Waals surface area contributed by atoms with Gasteiger partial charge in [-0.15, -0.1) is 0 Å². The third kappa shape index (κ3) is 5.19. The highest BCUT2D eigenvalue weighted by Crippen LogP contribution is 2.25. The van der Waals surface area contributed by atoms with Crippen LogP contribution in [0.15, 0.2) is 30.6 Å². The topological polar surface area (TPSA) is 99.3 Å². The minimum atomic E-state index is -4.56. The van der Waals surface area contributed by atoms with E-state index in [1.54, 1.807) is 24.0 Å². The summed E-state index contributed by atoms with van der Waals surface area (Å²) in [4.78, 5) is 26.5. The number of halogens is 3. The molecule has 0 unspecified atom stereocenters. The van der Waals surface area contributed by atoms with Crippen molar-refractivity contribution in [3.63, 3.8) is 0 Å². The molecule has 0 aliphatic heterocycles. The Balaban J connectivity index is 2.09. The average Bonchev–Trinajstić information content (AvgIpc) is 2.97. The fourth-order valence-corrected chi connectivity index (χ4v) is 2.13. The van der Waals surface area contributed by atoms with Gasteiger partial charge in [-0.05, 0) is 12.1 Å². The van der Waals surface area contributed by atoms with Crippen LogP contribution in [0.4, 0.5) is 18.9 Å². The van der Waals surface area contributed by atoms with Crippen molar-refractivity contribution in [3.8, 4) is 5.75 Å². The molecule has 1 heterocycles. The Bertz CT molecular complexity index is 804. The van der Waals surface area contributed by atoms with Crippen LogP contribution in [0.5, 0.6) is 5.75 Å². The van der Waals surface area contributed by atoms with Gasteiger partial charge in [0.15, 0.2) is 6.61 Å². The Morgan fingerprint density at radius 2 is 2.15 bits per heavy atom. The van der Waals surface area contributed by atoms with Crippen LogP contribution >= 0.6 is 0 Å². The lowest BCUT2D eigenvalue weighted by Crippen LogP contribution is -2.27. The van der Waals surface area contributed by atoms with Crippen LogP contribution in [0.1, 0.15) is 16.2 Å². The van der Waals surface area contributed by atoms with Crippen LogP contribution in [-0.4, -0.2) is 39.7 Å².